The van der Waals surface area contributed by atoms with Crippen molar-refractivity contribution in [2.45, 2.75) is 17.2 Å². The zero-order valence-electron chi connectivity index (χ0n) is 11.8. The molecule has 0 aromatic heterocycles. The fraction of sp³-hybridized carbons (Fsp3) is 0.250. The van der Waals surface area contributed by atoms with Gasteiger partial charge < -0.3 is 10.1 Å². The molecule has 0 fully saturated rings. The van der Waals surface area contributed by atoms with Gasteiger partial charge in [0.2, 0.25) is 0 Å². The van der Waals surface area contributed by atoms with Crippen LogP contribution in [0.25, 0.3) is 0 Å². The van der Waals surface area contributed by atoms with Gasteiger partial charge in [-0.2, -0.15) is 0 Å². The first kappa shape index (κ1) is 14.8. The largest absolute Gasteiger partial charge is 0.496 e. The highest BCUT2D eigenvalue weighted by atomic mass is 32.2. The van der Waals surface area contributed by atoms with Crippen LogP contribution in [0.15, 0.2) is 53.4 Å². The van der Waals surface area contributed by atoms with Crippen LogP contribution in [0.3, 0.4) is 0 Å². The second-order valence-electron chi connectivity index (χ2n) is 4.48. The Morgan fingerprint density at radius 2 is 1.90 bits per heavy atom. The first-order chi connectivity index (χ1) is 9.74. The highest BCUT2D eigenvalue weighted by molar-refractivity contribution is 7.84. The van der Waals surface area contributed by atoms with Crippen molar-refractivity contribution in [1.82, 2.24) is 5.32 Å². The van der Waals surface area contributed by atoms with Gasteiger partial charge in [0.15, 0.2) is 0 Å². The van der Waals surface area contributed by atoms with Crippen LogP contribution in [0.2, 0.25) is 0 Å². The van der Waals surface area contributed by atoms with Crippen LogP contribution in [-0.4, -0.2) is 18.4 Å². The highest BCUT2D eigenvalue weighted by Crippen LogP contribution is 2.23. The summed E-state index contributed by atoms with van der Waals surface area (Å²) >= 11 is 0. The summed E-state index contributed by atoms with van der Waals surface area (Å²) in [5.41, 5.74) is 2.13. The van der Waals surface area contributed by atoms with Gasteiger partial charge >= 0.3 is 0 Å². The Morgan fingerprint density at radius 1 is 1.15 bits per heavy atom. The Labute approximate surface area is 122 Å². The topological polar surface area (TPSA) is 38.3 Å². The Balaban J connectivity index is 2.23. The summed E-state index contributed by atoms with van der Waals surface area (Å²) in [5.74, 6) is 1.25. The number of rotatable bonds is 6. The molecule has 1 N–H and O–H groups in total. The second-order valence-corrected chi connectivity index (χ2v) is 5.93. The van der Waals surface area contributed by atoms with E-state index < -0.39 is 10.8 Å². The van der Waals surface area contributed by atoms with Crippen LogP contribution in [-0.2, 0) is 23.1 Å². The summed E-state index contributed by atoms with van der Waals surface area (Å²) in [6.45, 7) is 0.787. The number of ether oxygens (including phenoxy) is 1. The lowest BCUT2D eigenvalue weighted by atomic mass is 10.1. The molecule has 1 atom stereocenters. The van der Waals surface area contributed by atoms with Gasteiger partial charge in [-0.1, -0.05) is 24.3 Å². The number of hydrogen-bond donors (Lipinski definition) is 1. The molecule has 1 unspecified atom stereocenters. The second kappa shape index (κ2) is 7.22. The maximum atomic E-state index is 12.4. The average molecular weight is 289 g/mol. The lowest BCUT2D eigenvalue weighted by Crippen LogP contribution is -2.06. The molecule has 0 saturated heterocycles. The van der Waals surface area contributed by atoms with Crippen LogP contribution >= 0.6 is 0 Å². The molecule has 0 spiro atoms. The standard InChI is InChI=1S/C16H19NO2S/c1-17-11-13-8-9-16(19-2)14(10-13)12-20(18)15-6-4-3-5-7-15/h3-10,17H,11-12H2,1-2H3. The molecule has 2 aromatic carbocycles. The van der Waals surface area contributed by atoms with Crippen molar-refractivity contribution in [2.75, 3.05) is 14.2 Å². The molecule has 0 heterocycles. The monoisotopic (exact) mass is 289 g/mol. The van der Waals surface area contributed by atoms with Crippen molar-refractivity contribution in [2.24, 2.45) is 0 Å². The number of hydrogen-bond acceptors (Lipinski definition) is 3. The minimum absolute atomic E-state index is 0.463. The first-order valence-corrected chi connectivity index (χ1v) is 7.80. The van der Waals surface area contributed by atoms with E-state index in [2.05, 4.69) is 11.4 Å². The molecule has 4 heteroatoms. The van der Waals surface area contributed by atoms with Gasteiger partial charge in [-0.15, -0.1) is 0 Å². The predicted molar refractivity (Wildman–Crippen MR) is 82.3 cm³/mol. The van der Waals surface area contributed by atoms with Gasteiger partial charge in [0.25, 0.3) is 0 Å². The summed E-state index contributed by atoms with van der Waals surface area (Å²) in [4.78, 5) is 0.841. The predicted octanol–water partition coefficient (Wildman–Crippen LogP) is 2.72. The van der Waals surface area contributed by atoms with E-state index in [0.717, 1.165) is 28.3 Å². The zero-order chi connectivity index (χ0) is 14.4. The third kappa shape index (κ3) is 3.68. The summed E-state index contributed by atoms with van der Waals surface area (Å²) in [6, 6.07) is 15.5. The number of nitrogens with one attached hydrogen (secondary N) is 1. The van der Waals surface area contributed by atoms with E-state index in [0.29, 0.717) is 5.75 Å². The molecule has 20 heavy (non-hydrogen) atoms. The van der Waals surface area contributed by atoms with E-state index in [1.54, 1.807) is 7.11 Å². The van der Waals surface area contributed by atoms with Crippen molar-refractivity contribution in [3.63, 3.8) is 0 Å². The molecule has 0 radical (unpaired) electrons. The molecule has 2 rings (SSSR count). The summed E-state index contributed by atoms with van der Waals surface area (Å²) in [7, 11) is 2.49. The molecule has 0 bridgehead atoms. The molecule has 0 saturated carbocycles. The Bertz CT molecular complexity index is 584. The van der Waals surface area contributed by atoms with Gasteiger partial charge in [0.1, 0.15) is 5.75 Å². The van der Waals surface area contributed by atoms with Crippen LogP contribution < -0.4 is 10.1 Å². The zero-order valence-corrected chi connectivity index (χ0v) is 12.6. The lowest BCUT2D eigenvalue weighted by molar-refractivity contribution is 0.411. The van der Waals surface area contributed by atoms with Crippen LogP contribution in [0.5, 0.6) is 5.75 Å². The minimum atomic E-state index is -1.06. The van der Waals surface area contributed by atoms with E-state index >= 15 is 0 Å². The van der Waals surface area contributed by atoms with Crippen molar-refractivity contribution in [3.8, 4) is 5.75 Å². The Morgan fingerprint density at radius 3 is 2.55 bits per heavy atom. The van der Waals surface area contributed by atoms with E-state index in [9.17, 15) is 4.21 Å². The van der Waals surface area contributed by atoms with E-state index in [-0.39, 0.29) is 0 Å². The fourth-order valence-corrected chi connectivity index (χ4v) is 3.19. The van der Waals surface area contributed by atoms with Crippen molar-refractivity contribution < 1.29 is 8.95 Å². The quantitative estimate of drug-likeness (QED) is 0.888. The smallest absolute Gasteiger partial charge is 0.123 e. The molecule has 106 valence electrons. The van der Waals surface area contributed by atoms with Gasteiger partial charge in [0, 0.05) is 17.0 Å². The molecular weight excluding hydrogens is 270 g/mol. The van der Waals surface area contributed by atoms with E-state index in [1.807, 2.05) is 49.5 Å². The Hall–Kier alpha value is -1.65. The van der Waals surface area contributed by atoms with Gasteiger partial charge in [-0.3, -0.25) is 4.21 Å². The summed E-state index contributed by atoms with van der Waals surface area (Å²) in [6.07, 6.45) is 0. The fourth-order valence-electron chi connectivity index (χ4n) is 2.06. The Kier molecular flexibility index (Phi) is 5.32. The molecule has 3 nitrogen and oxygen atoms in total. The summed E-state index contributed by atoms with van der Waals surface area (Å²) < 4.78 is 17.8. The normalized spacial score (nSPS) is 12.1. The van der Waals surface area contributed by atoms with Crippen molar-refractivity contribution in [1.29, 1.82) is 0 Å². The maximum Gasteiger partial charge on any atom is 0.123 e. The van der Waals surface area contributed by atoms with Crippen molar-refractivity contribution >= 4 is 10.8 Å². The molecule has 0 amide bonds. The molecule has 0 aliphatic carbocycles. The van der Waals surface area contributed by atoms with Gasteiger partial charge in [0.05, 0.1) is 23.7 Å². The first-order valence-electron chi connectivity index (χ1n) is 6.48. The average Bonchev–Trinajstić information content (AvgIpc) is 2.49. The lowest BCUT2D eigenvalue weighted by Gasteiger charge is -2.11. The molecule has 0 aliphatic heterocycles. The minimum Gasteiger partial charge on any atom is -0.496 e. The summed E-state index contributed by atoms with van der Waals surface area (Å²) in [5, 5.41) is 3.12. The molecule has 0 aliphatic rings. The van der Waals surface area contributed by atoms with Crippen LogP contribution in [0, 0.1) is 0 Å². The number of benzene rings is 2. The van der Waals surface area contributed by atoms with Crippen molar-refractivity contribution in [3.05, 3.63) is 59.7 Å². The van der Waals surface area contributed by atoms with Gasteiger partial charge in [-0.05, 0) is 36.9 Å². The third-order valence-corrected chi connectivity index (χ3v) is 4.39. The SMILES string of the molecule is CNCc1ccc(OC)c(CS(=O)c2ccccc2)c1. The van der Waals surface area contributed by atoms with Crippen LogP contribution in [0.4, 0.5) is 0 Å². The molecule has 2 aromatic rings. The third-order valence-electron chi connectivity index (χ3n) is 3.02. The van der Waals surface area contributed by atoms with E-state index in [4.69, 9.17) is 4.74 Å². The van der Waals surface area contributed by atoms with E-state index in [1.165, 1.54) is 0 Å². The highest BCUT2D eigenvalue weighted by Gasteiger charge is 2.10. The maximum absolute atomic E-state index is 12.4. The van der Waals surface area contributed by atoms with Crippen LogP contribution in [0.1, 0.15) is 11.1 Å². The molecular formula is C16H19NO2S. The number of methoxy groups -OCH3 is 1. The van der Waals surface area contributed by atoms with Gasteiger partial charge in [-0.25, -0.2) is 0 Å².